The molecule has 1 atom stereocenters. The van der Waals surface area contributed by atoms with Gasteiger partial charge in [0.05, 0.1) is 18.6 Å². The van der Waals surface area contributed by atoms with Crippen molar-refractivity contribution < 1.29 is 24.1 Å². The van der Waals surface area contributed by atoms with Gasteiger partial charge in [-0.3, -0.25) is 24.5 Å². The van der Waals surface area contributed by atoms with Gasteiger partial charge in [-0.25, -0.2) is 5.48 Å². The average Bonchev–Trinajstić information content (AvgIpc) is 3.04. The number of nitrogens with one attached hydrogen (secondary N) is 1. The van der Waals surface area contributed by atoms with Crippen LogP contribution in [0, 0.1) is 16.0 Å². The highest BCUT2D eigenvalue weighted by Gasteiger charge is 2.36. The van der Waals surface area contributed by atoms with Crippen LogP contribution in [0.3, 0.4) is 0 Å². The summed E-state index contributed by atoms with van der Waals surface area (Å²) in [6.07, 6.45) is 9.55. The highest BCUT2D eigenvalue weighted by molar-refractivity contribution is 5.96. The molecule has 0 radical (unpaired) electrons. The predicted octanol–water partition coefficient (Wildman–Crippen LogP) is 5.78. The Morgan fingerprint density at radius 3 is 2.42 bits per heavy atom. The molecule has 1 fully saturated rings. The van der Waals surface area contributed by atoms with Gasteiger partial charge in [-0.2, -0.15) is 0 Å². The molecule has 5 rings (SSSR count). The van der Waals surface area contributed by atoms with Gasteiger partial charge in [0.1, 0.15) is 17.5 Å². The summed E-state index contributed by atoms with van der Waals surface area (Å²) in [4.78, 5) is 47.2. The van der Waals surface area contributed by atoms with Crippen LogP contribution in [0.25, 0.3) is 0 Å². The number of hydrogen-bond acceptors (Lipinski definition) is 7. The fraction of sp³-hybridized carbons (Fsp3) is 0.333. The van der Waals surface area contributed by atoms with E-state index >= 15 is 0 Å². The van der Waals surface area contributed by atoms with E-state index in [9.17, 15) is 19.7 Å². The molecular weight excluding hydrogens is 548 g/mol. The molecule has 1 aliphatic heterocycles. The summed E-state index contributed by atoms with van der Waals surface area (Å²) in [5, 5.41) is 12.3. The second kappa shape index (κ2) is 14.0. The molecule has 1 N–H and O–H groups in total. The van der Waals surface area contributed by atoms with E-state index in [0.717, 1.165) is 24.0 Å². The van der Waals surface area contributed by atoms with E-state index in [4.69, 9.17) is 9.57 Å². The Morgan fingerprint density at radius 2 is 1.72 bits per heavy atom. The first-order chi connectivity index (χ1) is 20.9. The molecule has 224 valence electrons. The third kappa shape index (κ3) is 7.39. The molecule has 2 aliphatic rings. The number of methoxy groups -OCH3 is 1. The third-order valence-corrected chi connectivity index (χ3v) is 8.04. The maximum atomic E-state index is 14.0. The smallest absolute Gasteiger partial charge is 0.293 e. The van der Waals surface area contributed by atoms with Crippen LogP contribution >= 0.6 is 0 Å². The maximum Gasteiger partial charge on any atom is 0.293 e. The number of nitro groups is 1. The zero-order valence-electron chi connectivity index (χ0n) is 24.2. The molecule has 3 aromatic rings. The number of rotatable bonds is 11. The molecular formula is C33H36N4O6. The lowest BCUT2D eigenvalue weighted by Crippen LogP contribution is -2.51. The van der Waals surface area contributed by atoms with Crippen molar-refractivity contribution >= 4 is 23.2 Å². The fourth-order valence-corrected chi connectivity index (χ4v) is 5.70. The minimum absolute atomic E-state index is 0.0708. The number of hydrogen-bond donors (Lipinski definition) is 1. The highest BCUT2D eigenvalue weighted by Crippen LogP contribution is 2.35. The van der Waals surface area contributed by atoms with E-state index < -0.39 is 16.9 Å². The van der Waals surface area contributed by atoms with Gasteiger partial charge >= 0.3 is 0 Å². The number of hydroxylamine groups is 1. The zero-order chi connectivity index (χ0) is 30.2. The summed E-state index contributed by atoms with van der Waals surface area (Å²) in [5.41, 5.74) is 4.13. The monoisotopic (exact) mass is 584 g/mol. The van der Waals surface area contributed by atoms with Crippen molar-refractivity contribution in [3.8, 4) is 5.75 Å². The van der Waals surface area contributed by atoms with E-state index in [1.165, 1.54) is 37.5 Å². The molecule has 0 aromatic heterocycles. The van der Waals surface area contributed by atoms with Crippen molar-refractivity contribution in [1.29, 1.82) is 0 Å². The van der Waals surface area contributed by atoms with Crippen LogP contribution in [-0.4, -0.2) is 41.3 Å². The number of nitro benzene ring substituents is 1. The van der Waals surface area contributed by atoms with Gasteiger partial charge in [0.25, 0.3) is 11.6 Å². The molecule has 43 heavy (non-hydrogen) atoms. The van der Waals surface area contributed by atoms with Crippen LogP contribution in [-0.2, 0) is 22.7 Å². The minimum Gasteiger partial charge on any atom is -0.497 e. The zero-order valence-corrected chi connectivity index (χ0v) is 24.2. The van der Waals surface area contributed by atoms with Crippen LogP contribution in [0.15, 0.2) is 85.2 Å². The SMILES string of the molecule is COc1ccc(C[C@H]2C(=O)N(CC3CCCCC3)C=CN2c2ccc(C(=O)NOCc3ccccc3)cc2[N+](=O)[O-])cc1. The number of nitrogens with zero attached hydrogens (tertiary/aromatic N) is 3. The number of benzene rings is 3. The Kier molecular flexibility index (Phi) is 9.68. The molecule has 10 nitrogen and oxygen atoms in total. The standard InChI is InChI=1S/C33H36N4O6/c1-42-28-15-12-24(13-16-28)20-31-33(39)35(22-25-8-4-2-5-9-25)18-19-36(31)29-17-14-27(21-30(29)37(40)41)32(38)34-43-23-26-10-6-3-7-11-26/h3,6-7,10-19,21,25,31H,2,4-5,8-9,20,22-23H2,1H3,(H,34,38)/t31-/m0/s1. The van der Waals surface area contributed by atoms with Crippen molar-refractivity contribution in [3.05, 3.63) is 112 Å². The van der Waals surface area contributed by atoms with Crippen molar-refractivity contribution in [2.24, 2.45) is 5.92 Å². The van der Waals surface area contributed by atoms with Crippen molar-refractivity contribution in [2.45, 2.75) is 51.2 Å². The molecule has 0 spiro atoms. The molecule has 1 saturated carbocycles. The minimum atomic E-state index is -0.713. The number of ether oxygens (including phenoxy) is 1. The molecule has 2 amide bonds. The number of carbonyl (C=O) groups is 2. The van der Waals surface area contributed by atoms with Crippen molar-refractivity contribution in [2.75, 3.05) is 18.6 Å². The quantitative estimate of drug-likeness (QED) is 0.225. The number of amides is 2. The van der Waals surface area contributed by atoms with Crippen molar-refractivity contribution in [1.82, 2.24) is 10.4 Å². The first kappa shape index (κ1) is 29.8. The lowest BCUT2D eigenvalue weighted by molar-refractivity contribution is -0.384. The van der Waals surface area contributed by atoms with E-state index in [1.807, 2.05) is 54.6 Å². The Labute approximate surface area is 251 Å². The second-order valence-corrected chi connectivity index (χ2v) is 10.9. The number of carbonyl (C=O) groups excluding carboxylic acids is 2. The third-order valence-electron chi connectivity index (χ3n) is 8.04. The summed E-state index contributed by atoms with van der Waals surface area (Å²) >= 11 is 0. The van der Waals surface area contributed by atoms with Crippen LogP contribution < -0.4 is 15.1 Å². The lowest BCUT2D eigenvalue weighted by Gasteiger charge is -2.38. The first-order valence-corrected chi connectivity index (χ1v) is 14.6. The first-order valence-electron chi connectivity index (χ1n) is 14.6. The molecule has 3 aromatic carbocycles. The number of anilines is 1. The van der Waals surface area contributed by atoms with Crippen LogP contribution in [0.5, 0.6) is 5.75 Å². The maximum absolute atomic E-state index is 14.0. The molecule has 0 bridgehead atoms. The van der Waals surface area contributed by atoms with Gasteiger partial charge in [0.15, 0.2) is 0 Å². The normalized spacial score (nSPS) is 17.1. The summed E-state index contributed by atoms with van der Waals surface area (Å²) in [5.74, 6) is 0.414. The molecule has 0 saturated heterocycles. The Hall–Kier alpha value is -4.70. The van der Waals surface area contributed by atoms with E-state index in [0.29, 0.717) is 24.6 Å². The summed E-state index contributed by atoms with van der Waals surface area (Å²) in [7, 11) is 1.59. The van der Waals surface area contributed by atoms with Crippen molar-refractivity contribution in [3.63, 3.8) is 0 Å². The molecule has 10 heteroatoms. The summed E-state index contributed by atoms with van der Waals surface area (Å²) < 4.78 is 5.28. The van der Waals surface area contributed by atoms with Gasteiger partial charge in [-0.1, -0.05) is 61.7 Å². The Bertz CT molecular complexity index is 1450. The topological polar surface area (TPSA) is 114 Å². The Balaban J connectivity index is 1.39. The predicted molar refractivity (Wildman–Crippen MR) is 162 cm³/mol. The average molecular weight is 585 g/mol. The van der Waals surface area contributed by atoms with E-state index in [1.54, 1.807) is 29.3 Å². The molecule has 1 heterocycles. The molecule has 1 aliphatic carbocycles. The van der Waals surface area contributed by atoms with Crippen LogP contribution in [0.2, 0.25) is 0 Å². The van der Waals surface area contributed by atoms with E-state index in [2.05, 4.69) is 5.48 Å². The lowest BCUT2D eigenvalue weighted by atomic mass is 9.88. The van der Waals surface area contributed by atoms with Gasteiger partial charge in [0, 0.05) is 37.0 Å². The second-order valence-electron chi connectivity index (χ2n) is 10.9. The summed E-state index contributed by atoms with van der Waals surface area (Å²) in [6.45, 7) is 0.782. The van der Waals surface area contributed by atoms with Gasteiger partial charge in [-0.05, 0) is 54.2 Å². The van der Waals surface area contributed by atoms with Gasteiger partial charge in [-0.15, -0.1) is 0 Å². The highest BCUT2D eigenvalue weighted by atomic mass is 16.7. The Morgan fingerprint density at radius 1 is 0.977 bits per heavy atom. The van der Waals surface area contributed by atoms with Gasteiger partial charge in [0.2, 0.25) is 5.91 Å². The largest absolute Gasteiger partial charge is 0.497 e. The molecule has 0 unspecified atom stereocenters. The van der Waals surface area contributed by atoms with Crippen LogP contribution in [0.4, 0.5) is 11.4 Å². The van der Waals surface area contributed by atoms with E-state index in [-0.39, 0.29) is 29.5 Å². The summed E-state index contributed by atoms with van der Waals surface area (Å²) in [6, 6.07) is 20.3. The van der Waals surface area contributed by atoms with Gasteiger partial charge < -0.3 is 14.5 Å². The fourth-order valence-electron chi connectivity index (χ4n) is 5.70. The van der Waals surface area contributed by atoms with Crippen LogP contribution in [0.1, 0.15) is 53.6 Å².